The molecule has 1 heterocycles. The molecule has 0 bridgehead atoms. The van der Waals surface area contributed by atoms with Crippen molar-refractivity contribution in [3.05, 3.63) is 35.4 Å². The highest BCUT2D eigenvalue weighted by Crippen LogP contribution is 2.16. The number of aliphatic hydroxyl groups excluding tert-OH is 1. The second-order valence-electron chi connectivity index (χ2n) is 5.36. The first kappa shape index (κ1) is 14.5. The van der Waals surface area contributed by atoms with Crippen molar-refractivity contribution in [2.45, 2.75) is 26.4 Å². The van der Waals surface area contributed by atoms with Crippen LogP contribution in [0.15, 0.2) is 24.3 Å². The molecule has 0 radical (unpaired) electrons. The number of piperazine rings is 1. The molecule has 1 unspecified atom stereocenters. The van der Waals surface area contributed by atoms with E-state index >= 15 is 0 Å². The van der Waals surface area contributed by atoms with E-state index in [9.17, 15) is 10.1 Å². The van der Waals surface area contributed by atoms with E-state index in [4.69, 9.17) is 0 Å². The maximum Gasteiger partial charge on any atom is 0.376 e. The maximum atomic E-state index is 9.60. The topological polar surface area (TPSA) is 46.9 Å². The van der Waals surface area contributed by atoms with Gasteiger partial charge in [-0.25, -0.2) is 0 Å². The Morgan fingerprint density at radius 1 is 1.26 bits per heavy atom. The van der Waals surface area contributed by atoms with Crippen LogP contribution in [0.3, 0.4) is 0 Å². The van der Waals surface area contributed by atoms with Crippen LogP contribution in [-0.4, -0.2) is 53.1 Å². The molecule has 1 aromatic carbocycles. The van der Waals surface area contributed by atoms with Gasteiger partial charge in [0.2, 0.25) is 0 Å². The van der Waals surface area contributed by atoms with E-state index in [1.165, 1.54) is 5.56 Å². The van der Waals surface area contributed by atoms with E-state index in [-0.39, 0.29) is 7.05 Å². The Hall–Kier alpha value is -0.875. The summed E-state index contributed by atoms with van der Waals surface area (Å²) in [5.74, 6) is 0. The van der Waals surface area contributed by atoms with Crippen LogP contribution >= 0.6 is 0 Å². The first-order chi connectivity index (χ1) is 9.06. The lowest BCUT2D eigenvalue weighted by molar-refractivity contribution is 0.169. The molecule has 5 heteroatoms. The second-order valence-corrected chi connectivity index (χ2v) is 5.36. The molecule has 1 atom stereocenters. The molecule has 1 aliphatic heterocycles. The van der Waals surface area contributed by atoms with Gasteiger partial charge in [-0.15, -0.1) is 0 Å². The fourth-order valence-corrected chi connectivity index (χ4v) is 2.50. The van der Waals surface area contributed by atoms with Crippen LogP contribution < -0.4 is 0 Å². The summed E-state index contributed by atoms with van der Waals surface area (Å²) >= 11 is 0. The first-order valence-corrected chi connectivity index (χ1v) is 6.97. The Labute approximate surface area is 115 Å². The summed E-state index contributed by atoms with van der Waals surface area (Å²) in [6, 6.07) is 8.14. The Bertz CT molecular complexity index is 404. The number of hydrogen-bond donors (Lipinski definition) is 2. The predicted molar refractivity (Wildman–Crippen MR) is 77.8 cm³/mol. The van der Waals surface area contributed by atoms with E-state index in [0.717, 1.165) is 38.3 Å². The largest absolute Gasteiger partial charge is 0.437 e. The van der Waals surface area contributed by atoms with Crippen molar-refractivity contribution in [3.63, 3.8) is 0 Å². The number of rotatable bonds is 4. The van der Waals surface area contributed by atoms with Gasteiger partial charge in [-0.2, -0.15) is 0 Å². The third-order valence-electron chi connectivity index (χ3n) is 3.77. The van der Waals surface area contributed by atoms with Crippen LogP contribution in [0.1, 0.15) is 24.2 Å². The lowest BCUT2D eigenvalue weighted by Crippen LogP contribution is -2.51. The summed E-state index contributed by atoms with van der Waals surface area (Å²) in [5, 5.41) is 19.1. The maximum absolute atomic E-state index is 9.60. The average molecular weight is 262 g/mol. The zero-order valence-electron chi connectivity index (χ0n) is 11.8. The van der Waals surface area contributed by atoms with Gasteiger partial charge in [0, 0.05) is 32.7 Å². The van der Waals surface area contributed by atoms with Crippen LogP contribution in [0.5, 0.6) is 0 Å². The number of nitrogens with zero attached hydrogens (tertiary/aromatic N) is 2. The van der Waals surface area contributed by atoms with Crippen molar-refractivity contribution in [3.8, 4) is 0 Å². The number of benzene rings is 1. The van der Waals surface area contributed by atoms with Crippen molar-refractivity contribution in [2.75, 3.05) is 26.2 Å². The van der Waals surface area contributed by atoms with Crippen molar-refractivity contribution < 1.29 is 10.1 Å². The Kier molecular flexibility index (Phi) is 4.99. The lowest BCUT2D eigenvalue weighted by Gasteiger charge is -2.35. The molecule has 1 fully saturated rings. The predicted octanol–water partition coefficient (Wildman–Crippen LogP) is 0.968. The fourth-order valence-electron chi connectivity index (χ4n) is 2.50. The minimum atomic E-state index is -0.410. The summed E-state index contributed by atoms with van der Waals surface area (Å²) < 4.78 is 0. The summed E-state index contributed by atoms with van der Waals surface area (Å²) in [6.45, 7) is 8.30. The van der Waals surface area contributed by atoms with Gasteiger partial charge in [-0.1, -0.05) is 24.3 Å². The van der Waals surface area contributed by atoms with Gasteiger partial charge >= 0.3 is 7.05 Å². The summed E-state index contributed by atoms with van der Waals surface area (Å²) in [7, 11) is -0.347. The average Bonchev–Trinajstić information content (AvgIpc) is 2.39. The van der Waals surface area contributed by atoms with Crippen molar-refractivity contribution >= 4 is 7.05 Å². The van der Waals surface area contributed by atoms with Crippen molar-refractivity contribution in [2.24, 2.45) is 0 Å². The summed E-state index contributed by atoms with van der Waals surface area (Å²) in [6.07, 6.45) is -0.410. The van der Waals surface area contributed by atoms with Gasteiger partial charge < -0.3 is 14.9 Å². The smallest absolute Gasteiger partial charge is 0.376 e. The van der Waals surface area contributed by atoms with Crippen LogP contribution in [0, 0.1) is 0 Å². The molecule has 0 saturated carbocycles. The molecule has 1 aromatic rings. The quantitative estimate of drug-likeness (QED) is 0.794. The highest BCUT2D eigenvalue weighted by atomic mass is 16.3. The lowest BCUT2D eigenvalue weighted by atomic mass is 9.84. The SMILES string of the molecule is CB(O)N1CCN(Cc2cccc(C(C)O)c2)CC1. The molecular formula is C14H23BN2O2. The van der Waals surface area contributed by atoms with Gasteiger partial charge in [-0.05, 0) is 24.9 Å². The molecule has 1 saturated heterocycles. The molecule has 2 N–H and O–H groups in total. The van der Waals surface area contributed by atoms with Gasteiger partial charge in [0.25, 0.3) is 0 Å². The number of aliphatic hydroxyl groups is 1. The van der Waals surface area contributed by atoms with E-state index in [0.29, 0.717) is 0 Å². The standard InChI is InChI=1S/C14H23BN2O2/c1-12(18)14-5-3-4-13(10-14)11-16-6-8-17(9-7-16)15(2)19/h3-5,10,12,18-19H,6-9,11H2,1-2H3. The molecule has 0 amide bonds. The minimum absolute atomic E-state index is 0.347. The third kappa shape index (κ3) is 4.04. The molecule has 0 spiro atoms. The van der Waals surface area contributed by atoms with E-state index in [1.54, 1.807) is 6.92 Å². The zero-order chi connectivity index (χ0) is 13.8. The fraction of sp³-hybridized carbons (Fsp3) is 0.571. The Balaban J connectivity index is 1.90. The molecule has 1 aliphatic rings. The minimum Gasteiger partial charge on any atom is -0.437 e. The van der Waals surface area contributed by atoms with Gasteiger partial charge in [0.05, 0.1) is 6.10 Å². The Morgan fingerprint density at radius 2 is 1.95 bits per heavy atom. The highest BCUT2D eigenvalue weighted by Gasteiger charge is 2.22. The van der Waals surface area contributed by atoms with Gasteiger partial charge in [0.15, 0.2) is 0 Å². The van der Waals surface area contributed by atoms with E-state index in [1.807, 2.05) is 19.0 Å². The molecule has 0 aliphatic carbocycles. The van der Waals surface area contributed by atoms with Gasteiger partial charge in [-0.3, -0.25) is 4.90 Å². The normalized spacial score (nSPS) is 19.4. The van der Waals surface area contributed by atoms with Crippen LogP contribution in [0.4, 0.5) is 0 Å². The highest BCUT2D eigenvalue weighted by molar-refractivity contribution is 6.45. The Morgan fingerprint density at radius 3 is 2.53 bits per heavy atom. The van der Waals surface area contributed by atoms with Crippen molar-refractivity contribution in [1.29, 1.82) is 0 Å². The summed E-state index contributed by atoms with van der Waals surface area (Å²) in [5.41, 5.74) is 2.21. The van der Waals surface area contributed by atoms with Crippen LogP contribution in [0.2, 0.25) is 6.82 Å². The number of hydrogen-bond acceptors (Lipinski definition) is 4. The van der Waals surface area contributed by atoms with E-state index < -0.39 is 6.10 Å². The second kappa shape index (κ2) is 6.52. The molecule has 4 nitrogen and oxygen atoms in total. The van der Waals surface area contributed by atoms with E-state index in [2.05, 4.69) is 21.8 Å². The van der Waals surface area contributed by atoms with Crippen LogP contribution in [-0.2, 0) is 6.54 Å². The third-order valence-corrected chi connectivity index (χ3v) is 3.77. The molecule has 104 valence electrons. The molecule has 19 heavy (non-hydrogen) atoms. The summed E-state index contributed by atoms with van der Waals surface area (Å²) in [4.78, 5) is 4.47. The molecular weight excluding hydrogens is 239 g/mol. The monoisotopic (exact) mass is 262 g/mol. The zero-order valence-corrected chi connectivity index (χ0v) is 11.8. The van der Waals surface area contributed by atoms with Crippen LogP contribution in [0.25, 0.3) is 0 Å². The van der Waals surface area contributed by atoms with Gasteiger partial charge in [0.1, 0.15) is 0 Å². The molecule has 0 aromatic heterocycles. The first-order valence-electron chi connectivity index (χ1n) is 6.97. The molecule has 2 rings (SSSR count). The van der Waals surface area contributed by atoms with Crippen molar-refractivity contribution in [1.82, 2.24) is 9.71 Å².